The molecule has 0 fully saturated rings. The average molecular weight is 510 g/mol. The van der Waals surface area contributed by atoms with Crippen LogP contribution in [0, 0.1) is 32.1 Å². The molecule has 2 N–H and O–H groups in total. The summed E-state index contributed by atoms with van der Waals surface area (Å²) in [6.07, 6.45) is 3.06. The highest BCUT2D eigenvalue weighted by Crippen LogP contribution is 2.33. The fourth-order valence-corrected chi connectivity index (χ4v) is 3.96. The first-order valence-corrected chi connectivity index (χ1v) is 11.9. The van der Waals surface area contributed by atoms with Gasteiger partial charge in [-0.2, -0.15) is 5.26 Å². The van der Waals surface area contributed by atoms with Crippen LogP contribution in [0.25, 0.3) is 0 Å². The molecule has 0 aliphatic heterocycles. The molecule has 0 atom stereocenters. The topological polar surface area (TPSA) is 135 Å². The van der Waals surface area contributed by atoms with Crippen LogP contribution < -0.4 is 15.4 Å². The van der Waals surface area contributed by atoms with Crippen molar-refractivity contribution >= 4 is 23.2 Å². The van der Waals surface area contributed by atoms with Crippen molar-refractivity contribution in [1.82, 2.24) is 25.3 Å². The molecule has 2 heterocycles. The molecule has 192 valence electrons. The fraction of sp³-hybridized carbons (Fsp3) is 0.214. The number of Topliss-reactive ketones (excluding diaryl/α,β-unsaturated/α-hetero) is 1. The summed E-state index contributed by atoms with van der Waals surface area (Å²) in [5.74, 6) is 1.00. The van der Waals surface area contributed by atoms with Gasteiger partial charge in [0, 0.05) is 18.0 Å². The summed E-state index contributed by atoms with van der Waals surface area (Å²) in [5, 5.41) is 22.9. The number of carbonyl (C=O) groups excluding carboxylic acids is 2. The van der Waals surface area contributed by atoms with Gasteiger partial charge in [-0.1, -0.05) is 22.9 Å². The predicted octanol–water partition coefficient (Wildman–Crippen LogP) is 4.52. The van der Waals surface area contributed by atoms with Crippen LogP contribution in [-0.2, 0) is 17.9 Å². The van der Waals surface area contributed by atoms with E-state index in [-0.39, 0.29) is 24.4 Å². The maximum absolute atomic E-state index is 13.2. The van der Waals surface area contributed by atoms with Gasteiger partial charge in [-0.25, -0.2) is 9.67 Å². The number of nitriles is 1. The van der Waals surface area contributed by atoms with Crippen molar-refractivity contribution < 1.29 is 14.3 Å². The van der Waals surface area contributed by atoms with Crippen LogP contribution in [0.3, 0.4) is 0 Å². The summed E-state index contributed by atoms with van der Waals surface area (Å²) in [6, 6.07) is 14.7. The third-order valence-corrected chi connectivity index (χ3v) is 5.61. The first-order valence-electron chi connectivity index (χ1n) is 11.9. The minimum absolute atomic E-state index is 0.0465. The van der Waals surface area contributed by atoms with Crippen LogP contribution in [0.15, 0.2) is 54.9 Å². The fourth-order valence-electron chi connectivity index (χ4n) is 3.96. The Labute approximate surface area is 220 Å². The van der Waals surface area contributed by atoms with Crippen LogP contribution in [0.2, 0.25) is 0 Å². The van der Waals surface area contributed by atoms with E-state index >= 15 is 0 Å². The lowest BCUT2D eigenvalue weighted by atomic mass is 10.1. The summed E-state index contributed by atoms with van der Waals surface area (Å²) >= 11 is 0. The number of anilines is 2. The predicted molar refractivity (Wildman–Crippen MR) is 141 cm³/mol. The van der Waals surface area contributed by atoms with Gasteiger partial charge in [0.2, 0.25) is 0 Å². The number of hydrogen-bond acceptors (Lipinski definition) is 8. The monoisotopic (exact) mass is 509 g/mol. The van der Waals surface area contributed by atoms with Gasteiger partial charge in [-0.15, -0.1) is 5.10 Å². The number of ether oxygens (including phenoxy) is 1. The summed E-state index contributed by atoms with van der Waals surface area (Å²) in [6.45, 7) is 7.62. The van der Waals surface area contributed by atoms with Crippen molar-refractivity contribution in [3.8, 4) is 17.6 Å². The number of nitrogens with one attached hydrogen (secondary N) is 2. The summed E-state index contributed by atoms with van der Waals surface area (Å²) < 4.78 is 7.73. The lowest BCUT2D eigenvalue weighted by Gasteiger charge is -2.16. The zero-order valence-electron chi connectivity index (χ0n) is 21.6. The quantitative estimate of drug-likeness (QED) is 0.336. The highest BCUT2D eigenvalue weighted by atomic mass is 16.5. The SMILES string of the molecule is CC(=O)Cn1cc(CNC(=O)c2cnc(Nc3ccc(C#N)cc3)cc2Oc2c(C)cc(C)cc2C)nn1. The van der Waals surface area contributed by atoms with Crippen LogP contribution in [0.4, 0.5) is 11.5 Å². The molecule has 0 saturated carbocycles. The van der Waals surface area contributed by atoms with Gasteiger partial charge in [0.15, 0.2) is 5.78 Å². The number of aryl methyl sites for hydroxylation is 3. The molecule has 2 aromatic carbocycles. The smallest absolute Gasteiger partial charge is 0.256 e. The van der Waals surface area contributed by atoms with E-state index < -0.39 is 5.91 Å². The molecule has 10 heteroatoms. The number of nitrogens with zero attached hydrogens (tertiary/aromatic N) is 5. The largest absolute Gasteiger partial charge is 0.456 e. The minimum atomic E-state index is -0.402. The first kappa shape index (κ1) is 26.0. The van der Waals surface area contributed by atoms with E-state index in [0.29, 0.717) is 28.6 Å². The molecule has 0 aliphatic carbocycles. The van der Waals surface area contributed by atoms with E-state index in [1.807, 2.05) is 32.9 Å². The second kappa shape index (κ2) is 11.3. The molecule has 38 heavy (non-hydrogen) atoms. The van der Waals surface area contributed by atoms with Crippen molar-refractivity contribution in [1.29, 1.82) is 5.26 Å². The number of amides is 1. The van der Waals surface area contributed by atoms with E-state index in [1.165, 1.54) is 17.8 Å². The highest BCUT2D eigenvalue weighted by Gasteiger charge is 2.18. The lowest BCUT2D eigenvalue weighted by Crippen LogP contribution is -2.24. The molecule has 2 aromatic heterocycles. The third-order valence-electron chi connectivity index (χ3n) is 5.61. The van der Waals surface area contributed by atoms with Gasteiger partial charge in [0.05, 0.1) is 24.4 Å². The number of benzene rings is 2. The van der Waals surface area contributed by atoms with E-state index in [2.05, 4.69) is 32.0 Å². The molecule has 10 nitrogen and oxygen atoms in total. The number of ketones is 1. The van der Waals surface area contributed by atoms with Crippen molar-refractivity contribution in [3.05, 3.63) is 88.4 Å². The number of pyridine rings is 1. The van der Waals surface area contributed by atoms with Crippen molar-refractivity contribution in [2.75, 3.05) is 5.32 Å². The zero-order chi connectivity index (χ0) is 27.2. The molecule has 4 aromatic rings. The highest BCUT2D eigenvalue weighted by molar-refractivity contribution is 5.97. The lowest BCUT2D eigenvalue weighted by molar-refractivity contribution is -0.117. The molecule has 0 aliphatic rings. The summed E-state index contributed by atoms with van der Waals surface area (Å²) in [5.41, 5.74) is 5.03. The van der Waals surface area contributed by atoms with Crippen LogP contribution in [0.5, 0.6) is 11.5 Å². The number of aromatic nitrogens is 4. The van der Waals surface area contributed by atoms with Crippen molar-refractivity contribution in [2.45, 2.75) is 40.8 Å². The summed E-state index contributed by atoms with van der Waals surface area (Å²) in [4.78, 5) is 28.9. The normalized spacial score (nSPS) is 10.5. The molecule has 4 rings (SSSR count). The maximum Gasteiger partial charge on any atom is 0.256 e. The Morgan fingerprint density at radius 2 is 1.79 bits per heavy atom. The number of rotatable bonds is 9. The molecule has 1 amide bonds. The minimum Gasteiger partial charge on any atom is -0.456 e. The Kier molecular flexibility index (Phi) is 7.77. The maximum atomic E-state index is 13.2. The van der Waals surface area contributed by atoms with Crippen LogP contribution in [0.1, 0.15) is 45.2 Å². The summed E-state index contributed by atoms with van der Waals surface area (Å²) in [7, 11) is 0. The average Bonchev–Trinajstić information content (AvgIpc) is 3.32. The Balaban J connectivity index is 1.60. The first-order chi connectivity index (χ1) is 18.2. The molecule has 0 saturated heterocycles. The number of hydrogen-bond donors (Lipinski definition) is 2. The molecular weight excluding hydrogens is 482 g/mol. The van der Waals surface area contributed by atoms with E-state index in [1.54, 1.807) is 36.5 Å². The molecular formula is C28H27N7O3. The number of carbonyl (C=O) groups is 2. The molecule has 0 bridgehead atoms. The Hall–Kier alpha value is -5.04. The van der Waals surface area contributed by atoms with Gasteiger partial charge in [0.25, 0.3) is 5.91 Å². The second-order valence-electron chi connectivity index (χ2n) is 9.00. The van der Waals surface area contributed by atoms with Gasteiger partial charge in [0.1, 0.15) is 35.1 Å². The Morgan fingerprint density at radius 3 is 2.45 bits per heavy atom. The van der Waals surface area contributed by atoms with E-state index in [0.717, 1.165) is 22.4 Å². The van der Waals surface area contributed by atoms with Gasteiger partial charge in [-0.3, -0.25) is 9.59 Å². The second-order valence-corrected chi connectivity index (χ2v) is 9.00. The zero-order valence-corrected chi connectivity index (χ0v) is 21.6. The molecule has 0 spiro atoms. The third kappa shape index (κ3) is 6.39. The van der Waals surface area contributed by atoms with Gasteiger partial charge >= 0.3 is 0 Å². The van der Waals surface area contributed by atoms with Crippen molar-refractivity contribution in [3.63, 3.8) is 0 Å². The van der Waals surface area contributed by atoms with E-state index in [9.17, 15) is 9.59 Å². The molecule has 0 radical (unpaired) electrons. The molecule has 0 unspecified atom stereocenters. The van der Waals surface area contributed by atoms with E-state index in [4.69, 9.17) is 10.00 Å². The Morgan fingerprint density at radius 1 is 1.08 bits per heavy atom. The standard InChI is InChI=1S/C28H27N7O3/c1-17-9-18(2)27(19(3)10-17)38-25-11-26(32-22-7-5-21(12-29)6-8-22)30-14-24(25)28(37)31-13-23-16-35(34-33-23)15-20(4)36/h5-11,14,16H,13,15H2,1-4H3,(H,30,32)(H,31,37). The van der Waals surface area contributed by atoms with Crippen molar-refractivity contribution in [2.24, 2.45) is 0 Å². The van der Waals surface area contributed by atoms with Gasteiger partial charge in [-0.05, 0) is 63.1 Å². The Bertz CT molecular complexity index is 1510. The van der Waals surface area contributed by atoms with Crippen LogP contribution in [-0.4, -0.2) is 31.7 Å². The van der Waals surface area contributed by atoms with Crippen LogP contribution >= 0.6 is 0 Å². The van der Waals surface area contributed by atoms with Gasteiger partial charge < -0.3 is 15.4 Å².